The van der Waals surface area contributed by atoms with Gasteiger partial charge in [0.1, 0.15) is 11.4 Å². The molecule has 0 radical (unpaired) electrons. The molecule has 1 heterocycles. The molecule has 0 aliphatic rings. The largest absolute Gasteiger partial charge is 0.507 e. The number of carbonyl (C=O) groups is 2. The quantitative estimate of drug-likeness (QED) is 0.794. The molecule has 0 aliphatic carbocycles. The molecular formula is C15H14N2O4. The summed E-state index contributed by atoms with van der Waals surface area (Å²) in [5.41, 5.74) is 1.43. The summed E-state index contributed by atoms with van der Waals surface area (Å²) < 4.78 is 0. The van der Waals surface area contributed by atoms with Crippen LogP contribution in [0.5, 0.6) is 5.75 Å². The third-order valence-corrected chi connectivity index (χ3v) is 2.98. The highest BCUT2D eigenvalue weighted by atomic mass is 16.4. The lowest BCUT2D eigenvalue weighted by Gasteiger charge is -2.08. The Morgan fingerprint density at radius 3 is 2.62 bits per heavy atom. The number of phenolic OH excluding ortho intramolecular Hbond substituents is 1. The van der Waals surface area contributed by atoms with E-state index in [1.54, 1.807) is 25.1 Å². The van der Waals surface area contributed by atoms with Crippen molar-refractivity contribution in [3.05, 3.63) is 58.9 Å². The maximum atomic E-state index is 12.0. The van der Waals surface area contributed by atoms with Crippen molar-refractivity contribution in [1.82, 2.24) is 10.3 Å². The number of amides is 1. The van der Waals surface area contributed by atoms with Crippen molar-refractivity contribution < 1.29 is 19.8 Å². The number of hydrogen-bond donors (Lipinski definition) is 3. The third kappa shape index (κ3) is 3.36. The Labute approximate surface area is 121 Å². The highest BCUT2D eigenvalue weighted by Crippen LogP contribution is 2.21. The van der Waals surface area contributed by atoms with Gasteiger partial charge in [0.2, 0.25) is 0 Å². The van der Waals surface area contributed by atoms with Crippen molar-refractivity contribution in [3.63, 3.8) is 0 Å². The maximum Gasteiger partial charge on any atom is 0.354 e. The van der Waals surface area contributed by atoms with Crippen molar-refractivity contribution in [2.45, 2.75) is 13.5 Å². The van der Waals surface area contributed by atoms with E-state index in [1.165, 1.54) is 18.3 Å². The molecular weight excluding hydrogens is 272 g/mol. The van der Waals surface area contributed by atoms with Crippen molar-refractivity contribution in [2.24, 2.45) is 0 Å². The molecule has 0 fully saturated rings. The number of phenols is 1. The van der Waals surface area contributed by atoms with E-state index in [0.717, 1.165) is 0 Å². The zero-order valence-electron chi connectivity index (χ0n) is 11.3. The fourth-order valence-electron chi connectivity index (χ4n) is 1.78. The zero-order valence-corrected chi connectivity index (χ0v) is 11.3. The van der Waals surface area contributed by atoms with Crippen LogP contribution in [-0.2, 0) is 6.54 Å². The van der Waals surface area contributed by atoms with Crippen LogP contribution in [0.4, 0.5) is 0 Å². The number of rotatable bonds is 4. The number of benzene rings is 1. The second-order valence-corrected chi connectivity index (χ2v) is 4.51. The molecule has 1 aromatic heterocycles. The van der Waals surface area contributed by atoms with Crippen LogP contribution >= 0.6 is 0 Å². The summed E-state index contributed by atoms with van der Waals surface area (Å²) in [6.07, 6.45) is 1.39. The van der Waals surface area contributed by atoms with Crippen LogP contribution in [0.15, 0.2) is 36.5 Å². The molecule has 2 rings (SSSR count). The van der Waals surface area contributed by atoms with Gasteiger partial charge in [-0.1, -0.05) is 18.2 Å². The number of hydrogen-bond acceptors (Lipinski definition) is 4. The van der Waals surface area contributed by atoms with Gasteiger partial charge < -0.3 is 15.5 Å². The van der Waals surface area contributed by atoms with Crippen LogP contribution < -0.4 is 5.32 Å². The van der Waals surface area contributed by atoms with Gasteiger partial charge in [-0.25, -0.2) is 9.78 Å². The number of carboxylic acid groups (broad SMARTS) is 1. The number of aromatic nitrogens is 1. The molecule has 21 heavy (non-hydrogen) atoms. The van der Waals surface area contributed by atoms with Gasteiger partial charge in [0.05, 0.1) is 5.56 Å². The lowest BCUT2D eigenvalue weighted by molar-refractivity contribution is 0.0690. The second kappa shape index (κ2) is 6.04. The number of pyridine rings is 1. The minimum Gasteiger partial charge on any atom is -0.507 e. The number of aromatic carboxylic acids is 1. The van der Waals surface area contributed by atoms with E-state index < -0.39 is 11.9 Å². The highest BCUT2D eigenvalue weighted by Gasteiger charge is 2.12. The molecule has 0 unspecified atom stereocenters. The average molecular weight is 286 g/mol. The van der Waals surface area contributed by atoms with Crippen LogP contribution in [0, 0.1) is 6.92 Å². The summed E-state index contributed by atoms with van der Waals surface area (Å²) in [5, 5.41) is 21.2. The first-order valence-electron chi connectivity index (χ1n) is 6.24. The lowest BCUT2D eigenvalue weighted by Crippen LogP contribution is -2.23. The minimum absolute atomic E-state index is 0.0469. The lowest BCUT2D eigenvalue weighted by atomic mass is 10.1. The summed E-state index contributed by atoms with van der Waals surface area (Å²) >= 11 is 0. The van der Waals surface area contributed by atoms with Crippen LogP contribution in [0.3, 0.4) is 0 Å². The van der Waals surface area contributed by atoms with Gasteiger partial charge in [0.15, 0.2) is 0 Å². The summed E-state index contributed by atoms with van der Waals surface area (Å²) in [7, 11) is 0. The molecule has 0 aliphatic heterocycles. The zero-order chi connectivity index (χ0) is 15.4. The summed E-state index contributed by atoms with van der Waals surface area (Å²) in [6.45, 7) is 1.90. The number of para-hydroxylation sites is 1. The molecule has 0 saturated carbocycles. The fourth-order valence-corrected chi connectivity index (χ4v) is 1.78. The van der Waals surface area contributed by atoms with Gasteiger partial charge in [-0.05, 0) is 30.2 Å². The SMILES string of the molecule is Cc1cccc(C(=O)NCc2ccc(C(=O)O)nc2)c1O. The van der Waals surface area contributed by atoms with Gasteiger partial charge in [-0.3, -0.25) is 4.79 Å². The predicted molar refractivity (Wildman–Crippen MR) is 75.2 cm³/mol. The minimum atomic E-state index is -1.10. The molecule has 108 valence electrons. The first kappa shape index (κ1) is 14.5. The van der Waals surface area contributed by atoms with Gasteiger partial charge in [-0.15, -0.1) is 0 Å². The van der Waals surface area contributed by atoms with E-state index >= 15 is 0 Å². The Bertz CT molecular complexity index is 681. The van der Waals surface area contributed by atoms with Gasteiger partial charge in [-0.2, -0.15) is 0 Å². The molecule has 0 atom stereocenters. The monoisotopic (exact) mass is 286 g/mol. The smallest absolute Gasteiger partial charge is 0.354 e. The number of carboxylic acids is 1. The van der Waals surface area contributed by atoms with E-state index in [9.17, 15) is 14.7 Å². The van der Waals surface area contributed by atoms with E-state index in [0.29, 0.717) is 11.1 Å². The Kier molecular flexibility index (Phi) is 4.18. The first-order valence-corrected chi connectivity index (χ1v) is 6.24. The maximum absolute atomic E-state index is 12.0. The molecule has 0 saturated heterocycles. The van der Waals surface area contributed by atoms with Crippen molar-refractivity contribution in [1.29, 1.82) is 0 Å². The topological polar surface area (TPSA) is 99.5 Å². The van der Waals surface area contributed by atoms with Crippen molar-refractivity contribution in [2.75, 3.05) is 0 Å². The highest BCUT2D eigenvalue weighted by molar-refractivity contribution is 5.97. The number of nitrogens with one attached hydrogen (secondary N) is 1. The van der Waals surface area contributed by atoms with Gasteiger partial charge >= 0.3 is 5.97 Å². The Morgan fingerprint density at radius 2 is 2.00 bits per heavy atom. The molecule has 6 nitrogen and oxygen atoms in total. The first-order chi connectivity index (χ1) is 9.99. The van der Waals surface area contributed by atoms with Crippen molar-refractivity contribution in [3.8, 4) is 5.75 Å². The molecule has 0 spiro atoms. The second-order valence-electron chi connectivity index (χ2n) is 4.51. The van der Waals surface area contributed by atoms with E-state index in [4.69, 9.17) is 5.11 Å². The Hall–Kier alpha value is -2.89. The average Bonchev–Trinajstić information content (AvgIpc) is 2.48. The molecule has 1 amide bonds. The number of aromatic hydroxyl groups is 1. The van der Waals surface area contributed by atoms with E-state index in [1.807, 2.05) is 0 Å². The van der Waals surface area contributed by atoms with Crippen LogP contribution in [0.1, 0.15) is 32.0 Å². The molecule has 0 bridgehead atoms. The predicted octanol–water partition coefficient (Wildman–Crippen LogP) is 1.72. The fraction of sp³-hybridized carbons (Fsp3) is 0.133. The van der Waals surface area contributed by atoms with Crippen molar-refractivity contribution >= 4 is 11.9 Å². The standard InChI is InChI=1S/C15H14N2O4/c1-9-3-2-4-11(13(9)18)14(19)17-8-10-5-6-12(15(20)21)16-7-10/h2-7,18H,8H2,1H3,(H,17,19)(H,20,21). The van der Waals surface area contributed by atoms with Gasteiger partial charge in [0, 0.05) is 12.7 Å². The number of carbonyl (C=O) groups excluding carboxylic acids is 1. The normalized spacial score (nSPS) is 10.1. The van der Waals surface area contributed by atoms with Crippen LogP contribution in [0.25, 0.3) is 0 Å². The summed E-state index contributed by atoms with van der Waals surface area (Å²) in [4.78, 5) is 26.4. The van der Waals surface area contributed by atoms with E-state index in [2.05, 4.69) is 10.3 Å². The number of aryl methyl sites for hydroxylation is 1. The molecule has 1 aromatic carbocycles. The van der Waals surface area contributed by atoms with Gasteiger partial charge in [0.25, 0.3) is 5.91 Å². The Balaban J connectivity index is 2.04. The summed E-state index contributed by atoms with van der Waals surface area (Å²) in [6, 6.07) is 7.87. The van der Waals surface area contributed by atoms with E-state index in [-0.39, 0.29) is 23.6 Å². The third-order valence-electron chi connectivity index (χ3n) is 2.98. The Morgan fingerprint density at radius 1 is 1.24 bits per heavy atom. The molecule has 2 aromatic rings. The molecule has 3 N–H and O–H groups in total. The summed E-state index contributed by atoms with van der Waals surface area (Å²) in [5.74, 6) is -1.55. The number of nitrogens with zero attached hydrogens (tertiary/aromatic N) is 1. The molecule has 6 heteroatoms. The van der Waals surface area contributed by atoms with Crippen LogP contribution in [-0.4, -0.2) is 27.1 Å². The van der Waals surface area contributed by atoms with Crippen LogP contribution in [0.2, 0.25) is 0 Å².